The molecule has 0 aromatic heterocycles. The molecule has 1 aliphatic heterocycles. The van der Waals surface area contributed by atoms with E-state index in [1.807, 2.05) is 48.5 Å². The van der Waals surface area contributed by atoms with Crippen molar-refractivity contribution in [3.05, 3.63) is 170 Å². The predicted octanol–water partition coefficient (Wildman–Crippen LogP) is 14.2. The fourth-order valence-corrected chi connectivity index (χ4v) is 12.3. The highest BCUT2D eigenvalue weighted by atomic mass is 16.7. The van der Waals surface area contributed by atoms with Crippen LogP contribution in [0.4, 0.5) is 21.0 Å². The number of benzene rings is 5. The van der Waals surface area contributed by atoms with Crippen molar-refractivity contribution in [2.24, 2.45) is 22.9 Å². The molecule has 1 saturated carbocycles. The van der Waals surface area contributed by atoms with Gasteiger partial charge in [0.25, 0.3) is 11.4 Å². The Morgan fingerprint density at radius 1 is 0.783 bits per heavy atom. The molecule has 0 unspecified atom stereocenters. The van der Waals surface area contributed by atoms with Crippen molar-refractivity contribution in [1.82, 2.24) is 10.2 Å². The second-order valence-electron chi connectivity index (χ2n) is 21.9. The molecular weight excluding hydrogens is 1060 g/mol. The predicted molar refractivity (Wildman–Crippen MR) is 317 cm³/mol. The van der Waals surface area contributed by atoms with Crippen molar-refractivity contribution in [3.8, 4) is 17.2 Å². The fraction of sp³-hybridized carbons (Fsp3) is 0.462. The van der Waals surface area contributed by atoms with Gasteiger partial charge in [-0.2, -0.15) is 0 Å². The number of aliphatic hydroxyl groups is 2. The number of non-ortho nitro benzene ring substituents is 2. The fourth-order valence-electron chi connectivity index (χ4n) is 12.3. The average Bonchev–Trinajstić information content (AvgIpc) is 1.22. The second kappa shape index (κ2) is 30.6. The van der Waals surface area contributed by atoms with Gasteiger partial charge in [-0.1, -0.05) is 137 Å². The normalized spacial score (nSPS) is 20.1. The molecule has 18 heteroatoms. The molecule has 442 valence electrons. The van der Waals surface area contributed by atoms with E-state index in [0.29, 0.717) is 67.8 Å². The number of hydrogen-bond donors (Lipinski definition) is 3. The number of nitro benzene ring substituents is 2. The lowest BCUT2D eigenvalue weighted by Gasteiger charge is -2.59. The molecule has 2 aliphatic carbocycles. The molecule has 1 heterocycles. The van der Waals surface area contributed by atoms with Crippen LogP contribution in [-0.2, 0) is 22.7 Å². The first kappa shape index (κ1) is 61.4. The molecule has 0 spiro atoms. The number of rotatable bonds is 32. The van der Waals surface area contributed by atoms with E-state index < -0.39 is 45.7 Å². The number of amides is 2. The van der Waals surface area contributed by atoms with E-state index in [4.69, 9.17) is 28.9 Å². The number of carbonyl (C=O) groups is 2. The van der Waals surface area contributed by atoms with Gasteiger partial charge in [0.05, 0.1) is 34.6 Å². The lowest BCUT2D eigenvalue weighted by molar-refractivity contribution is -0.385. The molecule has 83 heavy (non-hydrogen) atoms. The molecule has 5 aromatic carbocycles. The maximum Gasteiger partial charge on any atom is 0.416 e. The zero-order valence-electron chi connectivity index (χ0n) is 47.6. The van der Waals surface area contributed by atoms with Crippen molar-refractivity contribution in [2.45, 2.75) is 147 Å². The molecule has 3 N–H and O–H groups in total. The Kier molecular flexibility index (Phi) is 22.6. The molecule has 0 bridgehead atoms. The van der Waals surface area contributed by atoms with Gasteiger partial charge in [-0.15, -0.1) is 6.58 Å². The van der Waals surface area contributed by atoms with E-state index >= 15 is 4.79 Å². The number of nitrogens with zero attached hydrogens (tertiary/aromatic N) is 4. The smallest absolute Gasteiger partial charge is 0.416 e. The van der Waals surface area contributed by atoms with Gasteiger partial charge in [-0.3, -0.25) is 25.1 Å². The van der Waals surface area contributed by atoms with Crippen molar-refractivity contribution >= 4 is 40.0 Å². The van der Waals surface area contributed by atoms with Crippen LogP contribution in [0.2, 0.25) is 0 Å². The molecule has 0 radical (unpaired) electrons. The topological polar surface area (TPSA) is 235 Å². The molecular formula is C65H79N5O13. The molecule has 1 fully saturated rings. The number of fused-ring (bicyclic) bond motifs is 3. The summed E-state index contributed by atoms with van der Waals surface area (Å²) in [6, 6.07) is 29.2. The zero-order valence-corrected chi connectivity index (χ0v) is 47.6. The third-order valence-electron chi connectivity index (χ3n) is 16.3. The highest BCUT2D eigenvalue weighted by Crippen LogP contribution is 2.62. The Hall–Kier alpha value is -7.67. The Morgan fingerprint density at radius 2 is 1.43 bits per heavy atom. The summed E-state index contributed by atoms with van der Waals surface area (Å²) < 4.78 is 27.0. The van der Waals surface area contributed by atoms with Gasteiger partial charge in [-0.05, 0) is 114 Å². The summed E-state index contributed by atoms with van der Waals surface area (Å²) in [7, 11) is 0. The summed E-state index contributed by atoms with van der Waals surface area (Å²) in [5, 5.41) is 53.3. The van der Waals surface area contributed by atoms with Gasteiger partial charge < -0.3 is 39.3 Å². The number of unbranched alkanes of at least 4 members (excludes halogenated alkanes) is 11. The monoisotopic (exact) mass is 1140 g/mol. The molecule has 2 amide bonds. The highest BCUT2D eigenvalue weighted by Gasteiger charge is 2.66. The number of allylic oxidation sites excluding steroid dienone is 1. The second-order valence-corrected chi connectivity index (χ2v) is 21.9. The van der Waals surface area contributed by atoms with Gasteiger partial charge in [0.2, 0.25) is 5.79 Å². The molecule has 6 atom stereocenters. The van der Waals surface area contributed by atoms with E-state index in [0.717, 1.165) is 46.7 Å². The number of ether oxygens (including phenoxy) is 4. The summed E-state index contributed by atoms with van der Waals surface area (Å²) in [6.07, 6.45) is 17.9. The summed E-state index contributed by atoms with van der Waals surface area (Å²) in [4.78, 5) is 59.2. The Bertz CT molecular complexity index is 3040. The van der Waals surface area contributed by atoms with Crippen LogP contribution in [0, 0.1) is 38.0 Å². The lowest BCUT2D eigenvalue weighted by Crippen LogP contribution is -2.70. The number of carbonyl (C=O) groups excluding carboxylic acids is 2. The average molecular weight is 1140 g/mol. The van der Waals surface area contributed by atoms with Gasteiger partial charge in [0.15, 0.2) is 0 Å². The van der Waals surface area contributed by atoms with Crippen molar-refractivity contribution in [2.75, 3.05) is 26.4 Å². The third kappa shape index (κ3) is 15.7. The van der Waals surface area contributed by atoms with E-state index in [2.05, 4.69) is 24.9 Å². The maximum absolute atomic E-state index is 15.5. The highest BCUT2D eigenvalue weighted by molar-refractivity contribution is 6.03. The molecule has 8 rings (SSSR count). The van der Waals surface area contributed by atoms with Crippen LogP contribution < -0.4 is 19.5 Å². The summed E-state index contributed by atoms with van der Waals surface area (Å²) >= 11 is 0. The molecule has 3 aliphatic rings. The van der Waals surface area contributed by atoms with Gasteiger partial charge in [0.1, 0.15) is 29.9 Å². The van der Waals surface area contributed by atoms with Gasteiger partial charge in [-0.25, -0.2) is 9.59 Å². The minimum absolute atomic E-state index is 0.00897. The number of aliphatic hydroxyl groups excluding tert-OH is 2. The van der Waals surface area contributed by atoms with Crippen molar-refractivity contribution < 1.29 is 53.4 Å². The summed E-state index contributed by atoms with van der Waals surface area (Å²) in [5.41, 5.74) is 3.08. The first-order valence-corrected chi connectivity index (χ1v) is 29.6. The van der Waals surface area contributed by atoms with Crippen LogP contribution >= 0.6 is 0 Å². The van der Waals surface area contributed by atoms with Crippen molar-refractivity contribution in [1.29, 1.82) is 0 Å². The number of nitrogens with one attached hydrogen (secondary N) is 1. The minimum atomic E-state index is -1.73. The van der Waals surface area contributed by atoms with E-state index in [1.165, 1.54) is 81.3 Å². The Morgan fingerprint density at radius 3 is 2.12 bits per heavy atom. The first-order valence-electron chi connectivity index (χ1n) is 29.6. The zero-order chi connectivity index (χ0) is 58.6. The van der Waals surface area contributed by atoms with E-state index in [-0.39, 0.29) is 68.4 Å². The quantitative estimate of drug-likeness (QED) is 0.0157. The van der Waals surface area contributed by atoms with E-state index in [1.54, 1.807) is 35.2 Å². The van der Waals surface area contributed by atoms with Crippen LogP contribution in [0.15, 0.2) is 139 Å². The van der Waals surface area contributed by atoms with Gasteiger partial charge >= 0.3 is 12.2 Å². The Balaban J connectivity index is 1.24. The number of oxime groups is 1. The van der Waals surface area contributed by atoms with Crippen LogP contribution in [0.1, 0.15) is 139 Å². The molecule has 18 nitrogen and oxygen atoms in total. The van der Waals surface area contributed by atoms with E-state index in [9.17, 15) is 35.2 Å². The first-order chi connectivity index (χ1) is 40.5. The molecule has 0 saturated heterocycles. The molecule has 5 aromatic rings. The van der Waals surface area contributed by atoms with Crippen LogP contribution in [0.5, 0.6) is 17.2 Å². The third-order valence-corrected chi connectivity index (χ3v) is 16.3. The maximum atomic E-state index is 15.5. The Labute approximate surface area is 485 Å². The SMILES string of the molecule is C=CCO[C@@]12Oc3ccc(OC(=O)NCCCCCCCCCCCC)cc3[C@H]3[C@H](CCCCO)[C@@H](CCCCO)C=C(C(=NOCc4ccc([N+](=O)[O-])cc4)C[C@@H]1N(Cc1cccc4ccccc14)C(=O)Oc1ccc([N+](=O)[O-])cc1)[C@H]32. The largest absolute Gasteiger partial charge is 0.459 e. The standard InChI is InChI=1S/C65H79N5O13/c1-3-5-6-7-8-9-10-11-12-17-37-66-63(73)81-53-35-36-59-57(42-53)61-55(26-16-19-39-72)48(22-15-18-38-71)41-56-58(67-80-45-46-27-29-50(30-28-46)69(75)76)43-60(65(83-59,62(56)61)79-40-4-2)68(44-49-24-20-23-47-21-13-14-25-54(47)49)64(74)82-52-33-31-51(32-34-52)70(77)78/h4,13-14,20-21,23-25,27-36,41-42,48,55,60-62,71-72H,2-3,5-12,15-19,22,26,37-40,43-45H2,1H3,(H,66,73)/t48-,55+,60-,61+,62+,65+/m0/s1. The lowest BCUT2D eigenvalue weighted by atomic mass is 9.55. The van der Waals surface area contributed by atoms with Gasteiger partial charge in [0, 0.05) is 61.9 Å². The summed E-state index contributed by atoms with van der Waals surface area (Å²) in [6.45, 7) is 6.63. The number of hydrogen-bond acceptors (Lipinski definition) is 14. The van der Waals surface area contributed by atoms with Crippen LogP contribution in [0.3, 0.4) is 0 Å². The number of nitro groups is 2. The minimum Gasteiger partial charge on any atom is -0.459 e. The summed E-state index contributed by atoms with van der Waals surface area (Å²) in [5.74, 6) is -2.46. The van der Waals surface area contributed by atoms with Crippen LogP contribution in [-0.4, -0.2) is 81.1 Å². The van der Waals surface area contributed by atoms with Crippen molar-refractivity contribution in [3.63, 3.8) is 0 Å². The van der Waals surface area contributed by atoms with Crippen LogP contribution in [0.25, 0.3) is 10.8 Å².